The Bertz CT molecular complexity index is 1580. The number of carbonyl (C=O) groups excluding carboxylic acids is 2. The number of allylic oxidation sites excluding steroid dienone is 8. The third-order valence-electron chi connectivity index (χ3n) is 8.92. The molecule has 2 aromatic rings. The zero-order chi connectivity index (χ0) is 30.1. The quantitative estimate of drug-likeness (QED) is 0.244. The van der Waals surface area contributed by atoms with E-state index in [1.807, 2.05) is 30.6 Å². The molecule has 7 heteroatoms. The van der Waals surface area contributed by atoms with Crippen molar-refractivity contribution in [3.05, 3.63) is 106 Å². The summed E-state index contributed by atoms with van der Waals surface area (Å²) >= 11 is 7.06. The minimum atomic E-state index is -1.06. The zero-order valence-corrected chi connectivity index (χ0v) is 29.8. The molecule has 0 atom stereocenters. The summed E-state index contributed by atoms with van der Waals surface area (Å²) < 4.78 is 2.23. The summed E-state index contributed by atoms with van der Waals surface area (Å²) in [6.07, 6.45) is 13.6. The third-order valence-corrected chi connectivity index (χ3v) is 9.40. The van der Waals surface area contributed by atoms with Gasteiger partial charge in [-0.1, -0.05) is 80.4 Å². The number of aliphatic carboxylic acids is 1. The van der Waals surface area contributed by atoms with Crippen molar-refractivity contribution in [2.75, 3.05) is 18.0 Å². The number of halogens is 1. The number of para-hydroxylation sites is 2. The number of fused-ring (bicyclic) bond motifs is 2. The molecule has 0 saturated carbocycles. The van der Waals surface area contributed by atoms with Crippen molar-refractivity contribution in [3.63, 3.8) is 0 Å². The van der Waals surface area contributed by atoms with E-state index >= 15 is 0 Å². The molecule has 1 aliphatic carbocycles. The fourth-order valence-electron chi connectivity index (χ4n) is 6.69. The smallest absolute Gasteiger partial charge is 0.550 e. The second kappa shape index (κ2) is 13.9. The van der Waals surface area contributed by atoms with Crippen LogP contribution in [-0.4, -0.2) is 35.6 Å². The van der Waals surface area contributed by atoms with Gasteiger partial charge in [0.2, 0.25) is 5.69 Å². The van der Waals surface area contributed by atoms with Crippen LogP contribution in [0.15, 0.2) is 94.7 Å². The molecule has 0 saturated heterocycles. The van der Waals surface area contributed by atoms with Crippen molar-refractivity contribution in [2.45, 2.75) is 70.6 Å². The molecule has 0 bridgehead atoms. The molecule has 218 valence electrons. The largest absolute Gasteiger partial charge is 1.00 e. The Morgan fingerprint density at radius 2 is 1.70 bits per heavy atom. The van der Waals surface area contributed by atoms with Gasteiger partial charge in [-0.2, -0.15) is 4.58 Å². The molecular weight excluding hydrogens is 583 g/mol. The second-order valence-electron chi connectivity index (χ2n) is 12.3. The van der Waals surface area contributed by atoms with E-state index in [0.717, 1.165) is 58.2 Å². The zero-order valence-electron chi connectivity index (χ0n) is 25.9. The van der Waals surface area contributed by atoms with Crippen LogP contribution in [0, 0.1) is 0 Å². The molecule has 2 heterocycles. The minimum Gasteiger partial charge on any atom is -0.550 e. The molecule has 5 nitrogen and oxygen atoms in total. The maximum absolute atomic E-state index is 11.3. The molecule has 0 N–H and O–H groups in total. The maximum Gasteiger partial charge on any atom is 1.00 e. The molecule has 0 spiro atoms. The summed E-state index contributed by atoms with van der Waals surface area (Å²) in [4.78, 5) is 24.6. The van der Waals surface area contributed by atoms with Crippen molar-refractivity contribution >= 4 is 40.9 Å². The molecule has 43 heavy (non-hydrogen) atoms. The number of nitrogens with zero attached hydrogens (tertiary/aromatic N) is 2. The molecule has 0 unspecified atom stereocenters. The normalized spacial score (nSPS) is 20.5. The number of hydrogen-bond donors (Lipinski definition) is 0. The van der Waals surface area contributed by atoms with Crippen molar-refractivity contribution in [3.8, 4) is 0 Å². The molecule has 0 amide bonds. The number of carboxylic acids is 1. The van der Waals surface area contributed by atoms with Crippen molar-refractivity contribution in [2.24, 2.45) is 0 Å². The van der Waals surface area contributed by atoms with Gasteiger partial charge in [-0.25, -0.2) is 0 Å². The standard InChI is InChI=1S/C36H39ClN2O3.K/c1-35(2)27-13-5-7-15-29(27)38(22-10-24-40)31(35)19-17-25-11-9-12-26(34(25)37)18-20-32-36(3,4)28-14-6-8-16-30(28)39(32)23-21-33(41)42;/h5-8,13-20H,9-12,21-23H2,1-4H3,(H,41,42);/q;+1/p-1. The minimum absolute atomic E-state index is 0. The van der Waals surface area contributed by atoms with E-state index in [0.29, 0.717) is 19.5 Å². The summed E-state index contributed by atoms with van der Waals surface area (Å²) in [7, 11) is 0. The van der Waals surface area contributed by atoms with Crippen molar-refractivity contribution in [1.29, 1.82) is 0 Å². The first kappa shape index (κ1) is 33.8. The van der Waals surface area contributed by atoms with Gasteiger partial charge in [-0.15, -0.1) is 0 Å². The maximum atomic E-state index is 11.3. The molecule has 2 aromatic carbocycles. The topological polar surface area (TPSA) is 63.5 Å². The summed E-state index contributed by atoms with van der Waals surface area (Å²) in [6.45, 7) is 9.73. The van der Waals surface area contributed by atoms with Crippen molar-refractivity contribution < 1.29 is 70.7 Å². The molecule has 2 aliphatic heterocycles. The summed E-state index contributed by atoms with van der Waals surface area (Å²) in [5, 5.41) is 12.1. The summed E-state index contributed by atoms with van der Waals surface area (Å²) in [6, 6.07) is 16.6. The monoisotopic (exact) mass is 620 g/mol. The van der Waals surface area contributed by atoms with Crippen LogP contribution in [0.4, 0.5) is 11.4 Å². The van der Waals surface area contributed by atoms with Gasteiger partial charge in [0.05, 0.1) is 5.41 Å². The van der Waals surface area contributed by atoms with E-state index in [2.05, 4.69) is 85.7 Å². The Morgan fingerprint density at radius 3 is 2.42 bits per heavy atom. The van der Waals surface area contributed by atoms with Gasteiger partial charge < -0.3 is 19.6 Å². The van der Waals surface area contributed by atoms with Crippen LogP contribution < -0.4 is 61.4 Å². The van der Waals surface area contributed by atoms with Crippen LogP contribution in [0.25, 0.3) is 0 Å². The molecule has 0 radical (unpaired) electrons. The number of hydrogen-bond acceptors (Lipinski definition) is 4. The van der Waals surface area contributed by atoms with Crippen molar-refractivity contribution in [1.82, 2.24) is 0 Å². The Labute approximate surface area is 303 Å². The first-order valence-corrected chi connectivity index (χ1v) is 15.1. The van der Waals surface area contributed by atoms with Crippen LogP contribution in [-0.2, 0) is 20.4 Å². The fraction of sp³-hybridized carbons (Fsp3) is 0.361. The Balaban J connectivity index is 0.00000423. The Hall–Kier alpha value is -2.06. The van der Waals surface area contributed by atoms with Gasteiger partial charge in [0.15, 0.2) is 5.71 Å². The SMILES string of the molecule is CC1(C)C(=CC=C2CCCC(C=CC3=[N+](CC[C-]=O)c4ccccc4C3(C)C)=C2Cl)N(CCC(=O)[O-])c2ccccc21.[K+]. The molecular formula is C36H38ClKN2O3. The van der Waals surface area contributed by atoms with Crippen LogP contribution in [0.5, 0.6) is 0 Å². The molecule has 5 rings (SSSR count). The Morgan fingerprint density at radius 1 is 1.00 bits per heavy atom. The molecule has 3 aliphatic rings. The van der Waals surface area contributed by atoms with Gasteiger partial charge in [0.25, 0.3) is 0 Å². The van der Waals surface area contributed by atoms with E-state index in [1.54, 1.807) is 0 Å². The second-order valence-corrected chi connectivity index (χ2v) is 12.6. The van der Waals surface area contributed by atoms with Crippen LogP contribution >= 0.6 is 11.6 Å². The summed E-state index contributed by atoms with van der Waals surface area (Å²) in [5.41, 5.74) is 8.47. The third kappa shape index (κ3) is 6.65. The van der Waals surface area contributed by atoms with E-state index in [-0.39, 0.29) is 68.6 Å². The Kier molecular flexibility index (Phi) is 11.0. The number of rotatable bonds is 9. The number of carboxylic acid groups (broad SMARTS) is 1. The van der Waals surface area contributed by atoms with Crippen LogP contribution in [0.1, 0.15) is 70.9 Å². The average Bonchev–Trinajstić information content (AvgIpc) is 3.32. The van der Waals surface area contributed by atoms with Gasteiger partial charge in [-0.3, -0.25) is 6.29 Å². The van der Waals surface area contributed by atoms with Gasteiger partial charge in [0.1, 0.15) is 6.54 Å². The van der Waals surface area contributed by atoms with Gasteiger partial charge in [-0.05, 0) is 62.0 Å². The molecule has 0 aromatic heterocycles. The molecule has 0 fully saturated rings. The first-order valence-electron chi connectivity index (χ1n) is 14.7. The summed E-state index contributed by atoms with van der Waals surface area (Å²) in [5.74, 6) is -1.06. The van der Waals surface area contributed by atoms with Gasteiger partial charge in [0, 0.05) is 58.5 Å². The fourth-order valence-corrected chi connectivity index (χ4v) is 7.01. The predicted molar refractivity (Wildman–Crippen MR) is 168 cm³/mol. The average molecular weight is 621 g/mol. The first-order chi connectivity index (χ1) is 20.1. The van der Waals surface area contributed by atoms with E-state index in [1.165, 1.54) is 11.1 Å². The number of benzene rings is 2. The van der Waals surface area contributed by atoms with E-state index < -0.39 is 5.97 Å². The van der Waals surface area contributed by atoms with Crippen LogP contribution in [0.2, 0.25) is 0 Å². The number of anilines is 1. The predicted octanol–water partition coefficient (Wildman–Crippen LogP) is 3.55. The van der Waals surface area contributed by atoms with E-state index in [4.69, 9.17) is 11.6 Å². The van der Waals surface area contributed by atoms with Gasteiger partial charge >= 0.3 is 51.4 Å². The van der Waals surface area contributed by atoms with Crippen LogP contribution in [0.3, 0.4) is 0 Å². The number of carbonyl (C=O) groups is 1. The van der Waals surface area contributed by atoms with E-state index in [9.17, 15) is 14.7 Å².